The third-order valence-electron chi connectivity index (χ3n) is 4.54. The van der Waals surface area contributed by atoms with Gasteiger partial charge in [0.15, 0.2) is 11.5 Å². The number of ether oxygens (including phenoxy) is 2. The summed E-state index contributed by atoms with van der Waals surface area (Å²) in [4.78, 5) is 16.2. The third kappa shape index (κ3) is 4.31. The second kappa shape index (κ2) is 8.27. The summed E-state index contributed by atoms with van der Waals surface area (Å²) in [6.45, 7) is 1.47. The largest absolute Gasteiger partial charge is 0.485 e. The van der Waals surface area contributed by atoms with Crippen molar-refractivity contribution in [1.29, 1.82) is 0 Å². The van der Waals surface area contributed by atoms with Crippen molar-refractivity contribution in [3.05, 3.63) is 82.6 Å². The Labute approximate surface area is 163 Å². The lowest BCUT2D eigenvalue weighted by molar-refractivity contribution is -0.141. The maximum atomic E-state index is 13.2. The number of hydrogen-bond acceptors (Lipinski definition) is 4. The molecule has 1 aliphatic heterocycles. The number of para-hydroxylation sites is 2. The highest BCUT2D eigenvalue weighted by Gasteiger charge is 2.31. The first-order chi connectivity index (χ1) is 13.3. The monoisotopic (exact) mass is 379 g/mol. The highest BCUT2D eigenvalue weighted by Crippen LogP contribution is 2.31. The van der Waals surface area contributed by atoms with Gasteiger partial charge in [0, 0.05) is 11.4 Å². The Hall–Kier alpha value is -2.79. The summed E-state index contributed by atoms with van der Waals surface area (Å²) in [5.41, 5.74) is 1.22. The van der Waals surface area contributed by atoms with Gasteiger partial charge in [0.1, 0.15) is 6.61 Å². The van der Waals surface area contributed by atoms with Gasteiger partial charge >= 0.3 is 0 Å². The van der Waals surface area contributed by atoms with Gasteiger partial charge in [0.2, 0.25) is 6.10 Å². The molecule has 138 valence electrons. The van der Waals surface area contributed by atoms with Gasteiger partial charge in [0.05, 0.1) is 6.54 Å². The van der Waals surface area contributed by atoms with Crippen LogP contribution in [0.4, 0.5) is 0 Å². The molecule has 1 amide bonds. The van der Waals surface area contributed by atoms with Crippen LogP contribution < -0.4 is 9.47 Å². The minimum atomic E-state index is -0.615. The van der Waals surface area contributed by atoms with Gasteiger partial charge in [-0.2, -0.15) is 0 Å². The first-order valence-corrected chi connectivity index (χ1v) is 9.91. The van der Waals surface area contributed by atoms with Crippen molar-refractivity contribution in [2.45, 2.75) is 19.1 Å². The Balaban J connectivity index is 1.48. The fourth-order valence-corrected chi connectivity index (χ4v) is 3.83. The number of carbonyl (C=O) groups is 1. The zero-order valence-corrected chi connectivity index (χ0v) is 15.7. The molecule has 0 radical (unpaired) electrons. The predicted octanol–water partition coefficient (Wildman–Crippen LogP) is 4.16. The zero-order chi connectivity index (χ0) is 18.5. The fraction of sp³-hybridized carbons (Fsp3) is 0.227. The molecule has 0 aliphatic carbocycles. The molecule has 4 rings (SSSR count). The van der Waals surface area contributed by atoms with Gasteiger partial charge in [-0.25, -0.2) is 0 Å². The van der Waals surface area contributed by atoms with E-state index in [4.69, 9.17) is 9.47 Å². The molecule has 2 aromatic carbocycles. The van der Waals surface area contributed by atoms with Gasteiger partial charge in [-0.15, -0.1) is 11.3 Å². The number of nitrogens with zero attached hydrogens (tertiary/aromatic N) is 1. The van der Waals surface area contributed by atoms with Gasteiger partial charge in [-0.05, 0) is 35.6 Å². The SMILES string of the molecule is O=C([C@@H]1COc2ccccc2O1)N(CCc1ccccc1)Cc1cccs1. The van der Waals surface area contributed by atoms with E-state index in [1.54, 1.807) is 11.3 Å². The van der Waals surface area contributed by atoms with E-state index in [2.05, 4.69) is 18.2 Å². The number of fused-ring (bicyclic) bond motifs is 1. The Bertz CT molecular complexity index is 880. The molecule has 0 N–H and O–H groups in total. The van der Waals surface area contributed by atoms with Crippen LogP contribution in [0.3, 0.4) is 0 Å². The molecule has 1 atom stereocenters. The van der Waals surface area contributed by atoms with Crippen LogP contribution >= 0.6 is 11.3 Å². The molecule has 0 unspecified atom stereocenters. The first-order valence-electron chi connectivity index (χ1n) is 9.03. The summed E-state index contributed by atoms with van der Waals surface area (Å²) < 4.78 is 11.7. The molecule has 0 saturated carbocycles. The second-order valence-electron chi connectivity index (χ2n) is 6.44. The molecule has 3 aromatic rings. The third-order valence-corrected chi connectivity index (χ3v) is 5.40. The van der Waals surface area contributed by atoms with Crippen molar-refractivity contribution in [2.24, 2.45) is 0 Å². The van der Waals surface area contributed by atoms with Crippen LogP contribution in [0.15, 0.2) is 72.1 Å². The molecule has 0 saturated heterocycles. The summed E-state index contributed by atoms with van der Waals surface area (Å²) in [5.74, 6) is 1.28. The lowest BCUT2D eigenvalue weighted by Gasteiger charge is -2.30. The van der Waals surface area contributed by atoms with E-state index in [0.29, 0.717) is 24.6 Å². The average Bonchev–Trinajstić information content (AvgIpc) is 3.24. The molecule has 4 nitrogen and oxygen atoms in total. The van der Waals surface area contributed by atoms with E-state index in [9.17, 15) is 4.79 Å². The highest BCUT2D eigenvalue weighted by molar-refractivity contribution is 7.09. The number of benzene rings is 2. The van der Waals surface area contributed by atoms with E-state index in [1.807, 2.05) is 58.8 Å². The van der Waals surface area contributed by atoms with Crippen LogP contribution in [0, 0.1) is 0 Å². The molecule has 0 bridgehead atoms. The van der Waals surface area contributed by atoms with Crippen molar-refractivity contribution in [3.63, 3.8) is 0 Å². The van der Waals surface area contributed by atoms with Crippen LogP contribution in [-0.2, 0) is 17.8 Å². The van der Waals surface area contributed by atoms with E-state index < -0.39 is 6.10 Å². The smallest absolute Gasteiger partial charge is 0.267 e. The molecule has 27 heavy (non-hydrogen) atoms. The molecular formula is C22H21NO3S. The summed E-state index contributed by atoms with van der Waals surface area (Å²) in [7, 11) is 0. The number of hydrogen-bond donors (Lipinski definition) is 0. The first kappa shape index (κ1) is 17.6. The second-order valence-corrected chi connectivity index (χ2v) is 7.47. The van der Waals surface area contributed by atoms with Crippen molar-refractivity contribution in [3.8, 4) is 11.5 Å². The van der Waals surface area contributed by atoms with Gasteiger partial charge in [0.25, 0.3) is 5.91 Å². The van der Waals surface area contributed by atoms with Crippen molar-refractivity contribution in [2.75, 3.05) is 13.2 Å². The van der Waals surface area contributed by atoms with Crippen LogP contribution in [0.5, 0.6) is 11.5 Å². The lowest BCUT2D eigenvalue weighted by atomic mass is 10.1. The molecule has 1 aliphatic rings. The van der Waals surface area contributed by atoms with Crippen LogP contribution in [-0.4, -0.2) is 30.1 Å². The fourth-order valence-electron chi connectivity index (χ4n) is 3.11. The number of thiophene rings is 1. The normalized spacial score (nSPS) is 15.3. The quantitative estimate of drug-likeness (QED) is 0.646. The maximum absolute atomic E-state index is 13.2. The van der Waals surface area contributed by atoms with Gasteiger partial charge < -0.3 is 14.4 Å². The minimum Gasteiger partial charge on any atom is -0.485 e. The molecule has 0 spiro atoms. The Kier molecular flexibility index (Phi) is 5.39. The van der Waals surface area contributed by atoms with Crippen molar-refractivity contribution >= 4 is 17.2 Å². The summed E-state index contributed by atoms with van der Waals surface area (Å²) >= 11 is 1.66. The molecular weight excluding hydrogens is 358 g/mol. The standard InChI is InChI=1S/C22H21NO3S/c24-22(21-16-25-19-10-4-5-11-20(19)26-21)23(15-18-9-6-14-27-18)13-12-17-7-2-1-3-8-17/h1-11,14,21H,12-13,15-16H2/t21-/m0/s1. The molecule has 0 fully saturated rings. The van der Waals surface area contributed by atoms with Crippen molar-refractivity contribution in [1.82, 2.24) is 4.90 Å². The summed E-state index contributed by atoms with van der Waals surface area (Å²) in [5, 5.41) is 2.03. The van der Waals surface area contributed by atoms with Crippen LogP contribution in [0.2, 0.25) is 0 Å². The van der Waals surface area contributed by atoms with Gasteiger partial charge in [-0.3, -0.25) is 4.79 Å². The average molecular weight is 379 g/mol. The summed E-state index contributed by atoms with van der Waals surface area (Å²) in [6, 6.07) is 21.8. The van der Waals surface area contributed by atoms with E-state index in [-0.39, 0.29) is 12.5 Å². The Morgan fingerprint density at radius 1 is 1.00 bits per heavy atom. The predicted molar refractivity (Wildman–Crippen MR) is 106 cm³/mol. The molecule has 2 heterocycles. The van der Waals surface area contributed by atoms with Crippen LogP contribution in [0.1, 0.15) is 10.4 Å². The van der Waals surface area contributed by atoms with Crippen molar-refractivity contribution < 1.29 is 14.3 Å². The summed E-state index contributed by atoms with van der Waals surface area (Å²) in [6.07, 6.45) is 0.193. The van der Waals surface area contributed by atoms with Gasteiger partial charge in [-0.1, -0.05) is 48.5 Å². The van der Waals surface area contributed by atoms with E-state index >= 15 is 0 Å². The lowest BCUT2D eigenvalue weighted by Crippen LogP contribution is -2.46. The Morgan fingerprint density at radius 3 is 2.56 bits per heavy atom. The number of rotatable bonds is 6. The minimum absolute atomic E-state index is 0.0335. The maximum Gasteiger partial charge on any atom is 0.267 e. The Morgan fingerprint density at radius 2 is 1.78 bits per heavy atom. The topological polar surface area (TPSA) is 38.8 Å². The number of amides is 1. The molecule has 1 aromatic heterocycles. The van der Waals surface area contributed by atoms with Crippen LogP contribution in [0.25, 0.3) is 0 Å². The van der Waals surface area contributed by atoms with E-state index in [1.165, 1.54) is 5.56 Å². The molecule has 5 heteroatoms. The zero-order valence-electron chi connectivity index (χ0n) is 14.9. The number of carbonyl (C=O) groups excluding carboxylic acids is 1. The van der Waals surface area contributed by atoms with E-state index in [0.717, 1.165) is 11.3 Å². The highest BCUT2D eigenvalue weighted by atomic mass is 32.1.